The van der Waals surface area contributed by atoms with Crippen molar-refractivity contribution in [2.24, 2.45) is 0 Å². The predicted molar refractivity (Wildman–Crippen MR) is 118 cm³/mol. The second kappa shape index (κ2) is 11.1. The Bertz CT molecular complexity index is 425. The fraction of sp³-hybridized carbons (Fsp3) is 0.619. The van der Waals surface area contributed by atoms with Gasteiger partial charge in [-0.2, -0.15) is 0 Å². The summed E-state index contributed by atoms with van der Waals surface area (Å²) in [5.41, 5.74) is 2.14. The third kappa shape index (κ3) is 10.8. The van der Waals surface area contributed by atoms with Crippen molar-refractivity contribution in [3.8, 4) is 0 Å². The smallest absolute Gasteiger partial charge is 0.187 e. The quantitative estimate of drug-likeness (QED) is 0.242. The molecule has 0 rings (SSSR count). The summed E-state index contributed by atoms with van der Waals surface area (Å²) < 4.78 is 13.1. The van der Waals surface area contributed by atoms with Gasteiger partial charge in [0, 0.05) is 6.42 Å². The Hall–Kier alpha value is -0.686. The molecule has 0 aliphatic rings. The van der Waals surface area contributed by atoms with Crippen LogP contribution in [0.25, 0.3) is 0 Å². The highest BCUT2D eigenvalue weighted by atomic mass is 28.4. The van der Waals surface area contributed by atoms with Gasteiger partial charge in [0.15, 0.2) is 16.6 Å². The van der Waals surface area contributed by atoms with Gasteiger partial charge in [-0.1, -0.05) is 36.5 Å². The average Bonchev–Trinajstić information content (AvgIpc) is 2.49. The SMILES string of the molecule is C=CCC[Si](C)(C)O[C@@H](C[C@@H](O[Si](C)(C)CCC=C)C(=C)C)C(=C)C. The zero-order chi connectivity index (χ0) is 19.7. The van der Waals surface area contributed by atoms with Crippen molar-refractivity contribution in [2.75, 3.05) is 0 Å². The first-order valence-electron chi connectivity index (χ1n) is 9.32. The zero-order valence-corrected chi connectivity index (χ0v) is 19.5. The fourth-order valence-corrected chi connectivity index (χ4v) is 6.85. The summed E-state index contributed by atoms with van der Waals surface area (Å²) in [7, 11) is -3.50. The van der Waals surface area contributed by atoms with E-state index in [1.165, 1.54) is 0 Å². The maximum Gasteiger partial charge on any atom is 0.187 e. The normalized spacial score (nSPS) is 14.6. The maximum atomic E-state index is 6.55. The molecule has 2 nitrogen and oxygen atoms in total. The molecular formula is C21H40O2Si2. The van der Waals surface area contributed by atoms with Gasteiger partial charge in [0.2, 0.25) is 0 Å². The first-order chi connectivity index (χ1) is 11.4. The highest BCUT2D eigenvalue weighted by Crippen LogP contribution is 2.27. The lowest BCUT2D eigenvalue weighted by Crippen LogP contribution is -2.41. The highest BCUT2D eigenvalue weighted by Gasteiger charge is 2.31. The second-order valence-electron chi connectivity index (χ2n) is 8.32. The lowest BCUT2D eigenvalue weighted by Gasteiger charge is -2.35. The van der Waals surface area contributed by atoms with Crippen LogP contribution >= 0.6 is 0 Å². The zero-order valence-electron chi connectivity index (χ0n) is 17.5. The molecule has 144 valence electrons. The van der Waals surface area contributed by atoms with Crippen molar-refractivity contribution in [1.82, 2.24) is 0 Å². The topological polar surface area (TPSA) is 18.5 Å². The monoisotopic (exact) mass is 380 g/mol. The number of hydrogen-bond acceptors (Lipinski definition) is 2. The van der Waals surface area contributed by atoms with Crippen molar-refractivity contribution in [3.05, 3.63) is 49.6 Å². The van der Waals surface area contributed by atoms with E-state index in [9.17, 15) is 0 Å². The van der Waals surface area contributed by atoms with Crippen LogP contribution in [0.5, 0.6) is 0 Å². The molecule has 0 amide bonds. The molecular weight excluding hydrogens is 340 g/mol. The Morgan fingerprint density at radius 1 is 0.800 bits per heavy atom. The third-order valence-electron chi connectivity index (χ3n) is 4.35. The molecule has 0 aromatic heterocycles. The lowest BCUT2D eigenvalue weighted by atomic mass is 10.0. The minimum Gasteiger partial charge on any atom is -0.411 e. The van der Waals surface area contributed by atoms with E-state index < -0.39 is 16.6 Å². The van der Waals surface area contributed by atoms with Crippen LogP contribution < -0.4 is 0 Å². The summed E-state index contributed by atoms with van der Waals surface area (Å²) in [6.45, 7) is 29.2. The molecule has 0 saturated heterocycles. The molecule has 0 heterocycles. The molecule has 0 radical (unpaired) electrons. The van der Waals surface area contributed by atoms with Crippen molar-refractivity contribution < 1.29 is 8.85 Å². The van der Waals surface area contributed by atoms with Gasteiger partial charge in [-0.05, 0) is 65.0 Å². The summed E-state index contributed by atoms with van der Waals surface area (Å²) in [5.74, 6) is 0. The van der Waals surface area contributed by atoms with Crippen molar-refractivity contribution in [3.63, 3.8) is 0 Å². The fourth-order valence-electron chi connectivity index (χ4n) is 2.68. The van der Waals surface area contributed by atoms with Crippen molar-refractivity contribution >= 4 is 16.6 Å². The van der Waals surface area contributed by atoms with Gasteiger partial charge in [0.1, 0.15) is 0 Å². The molecule has 0 saturated carbocycles. The lowest BCUT2D eigenvalue weighted by molar-refractivity contribution is 0.138. The number of allylic oxidation sites excluding steroid dienone is 2. The van der Waals surface area contributed by atoms with E-state index in [0.29, 0.717) is 0 Å². The Labute approximate surface area is 159 Å². The second-order valence-corrected chi connectivity index (χ2v) is 16.8. The van der Waals surface area contributed by atoms with Crippen molar-refractivity contribution in [2.45, 2.75) is 83.6 Å². The Morgan fingerprint density at radius 2 is 1.12 bits per heavy atom. The van der Waals surface area contributed by atoms with E-state index in [-0.39, 0.29) is 12.2 Å². The van der Waals surface area contributed by atoms with E-state index >= 15 is 0 Å². The van der Waals surface area contributed by atoms with Crippen LogP contribution in [0.4, 0.5) is 0 Å². The molecule has 25 heavy (non-hydrogen) atoms. The molecule has 2 atom stereocenters. The van der Waals surface area contributed by atoms with E-state index in [4.69, 9.17) is 8.85 Å². The van der Waals surface area contributed by atoms with Crippen molar-refractivity contribution in [1.29, 1.82) is 0 Å². The van der Waals surface area contributed by atoms with Crippen LogP contribution in [-0.4, -0.2) is 28.8 Å². The average molecular weight is 381 g/mol. The maximum absolute atomic E-state index is 6.55. The standard InChI is InChI=1S/C21H40O2Si2/c1-11-13-15-24(7,8)22-20(18(3)4)17-21(19(5)6)23-25(9,10)16-14-12-2/h11-12,20-21H,1-3,5,13-17H2,4,6-10H3/t20-,21+. The summed E-state index contributed by atoms with van der Waals surface area (Å²) in [6.07, 6.45) is 6.81. The molecule has 0 unspecified atom stereocenters. The van der Waals surface area contributed by atoms with E-state index in [0.717, 1.165) is 42.5 Å². The van der Waals surface area contributed by atoms with Gasteiger partial charge in [0.05, 0.1) is 12.2 Å². The van der Waals surface area contributed by atoms with Gasteiger partial charge in [-0.15, -0.1) is 13.2 Å². The number of rotatable bonds is 14. The van der Waals surface area contributed by atoms with Gasteiger partial charge < -0.3 is 8.85 Å². The predicted octanol–water partition coefficient (Wildman–Crippen LogP) is 6.86. The van der Waals surface area contributed by atoms with Crippen LogP contribution in [0.15, 0.2) is 49.6 Å². The van der Waals surface area contributed by atoms with Gasteiger partial charge in [-0.3, -0.25) is 0 Å². The van der Waals surface area contributed by atoms with Gasteiger partial charge in [0.25, 0.3) is 0 Å². The summed E-state index contributed by atoms with van der Waals surface area (Å²) >= 11 is 0. The summed E-state index contributed by atoms with van der Waals surface area (Å²) in [4.78, 5) is 0. The van der Waals surface area contributed by atoms with E-state index in [2.05, 4.69) is 66.4 Å². The molecule has 0 spiro atoms. The third-order valence-corrected chi connectivity index (χ3v) is 9.18. The van der Waals surface area contributed by atoms with Crippen LogP contribution in [0.3, 0.4) is 0 Å². The van der Waals surface area contributed by atoms with E-state index in [1.54, 1.807) is 0 Å². The van der Waals surface area contributed by atoms with Crippen LogP contribution in [-0.2, 0) is 8.85 Å². The molecule has 0 aliphatic heterocycles. The highest BCUT2D eigenvalue weighted by molar-refractivity contribution is 6.71. The molecule has 4 heteroatoms. The molecule has 0 bridgehead atoms. The Kier molecular flexibility index (Phi) is 10.8. The minimum absolute atomic E-state index is 0.0254. The molecule has 0 N–H and O–H groups in total. The first-order valence-corrected chi connectivity index (χ1v) is 15.6. The van der Waals surface area contributed by atoms with Gasteiger partial charge >= 0.3 is 0 Å². The van der Waals surface area contributed by atoms with Crippen LogP contribution in [0.1, 0.15) is 33.1 Å². The molecule has 0 fully saturated rings. The van der Waals surface area contributed by atoms with Crippen LogP contribution in [0, 0.1) is 0 Å². The molecule has 0 aliphatic carbocycles. The summed E-state index contributed by atoms with van der Waals surface area (Å²) in [6, 6.07) is 2.16. The Morgan fingerprint density at radius 3 is 1.36 bits per heavy atom. The molecule has 0 aromatic carbocycles. The summed E-state index contributed by atoms with van der Waals surface area (Å²) in [5, 5.41) is 0. The number of hydrogen-bond donors (Lipinski definition) is 0. The minimum atomic E-state index is -1.75. The largest absolute Gasteiger partial charge is 0.411 e. The molecule has 0 aromatic rings. The van der Waals surface area contributed by atoms with Crippen LogP contribution in [0.2, 0.25) is 38.3 Å². The van der Waals surface area contributed by atoms with E-state index in [1.807, 2.05) is 12.2 Å². The first kappa shape index (κ1) is 24.3. The van der Waals surface area contributed by atoms with Gasteiger partial charge in [-0.25, -0.2) is 0 Å². The Balaban J connectivity index is 5.08.